The number of aromatic nitrogens is 3. The number of carbonyl (C=O) groups excluding carboxylic acids is 1. The summed E-state index contributed by atoms with van der Waals surface area (Å²) in [5.74, 6) is 0.436. The van der Waals surface area contributed by atoms with Crippen molar-refractivity contribution in [3.8, 4) is 0 Å². The largest absolute Gasteiger partial charge is 0.444 e. The van der Waals surface area contributed by atoms with Crippen molar-refractivity contribution in [3.63, 3.8) is 0 Å². The lowest BCUT2D eigenvalue weighted by molar-refractivity contribution is -0.0220. The number of rotatable bonds is 1. The predicted molar refractivity (Wildman–Crippen MR) is 88.1 cm³/mol. The number of carbonyl (C=O) groups is 1. The number of nitrogen functional groups attached to an aromatic ring is 1. The topological polar surface area (TPSA) is 86.3 Å². The molecule has 3 rings (SSSR count). The molecule has 1 aliphatic rings. The van der Waals surface area contributed by atoms with Crippen LogP contribution >= 0.6 is 0 Å². The average molecular weight is 317 g/mol. The van der Waals surface area contributed by atoms with Crippen LogP contribution < -0.4 is 5.73 Å². The van der Waals surface area contributed by atoms with Gasteiger partial charge in [0.25, 0.3) is 0 Å². The van der Waals surface area contributed by atoms with Crippen molar-refractivity contribution in [2.24, 2.45) is 0 Å². The molecule has 2 aromatic rings. The fourth-order valence-electron chi connectivity index (χ4n) is 2.98. The second-order valence-electron chi connectivity index (χ2n) is 7.46. The number of amides is 1. The molecule has 0 aliphatic carbocycles. The van der Waals surface area contributed by atoms with Gasteiger partial charge in [-0.15, -0.1) is 0 Å². The summed E-state index contributed by atoms with van der Waals surface area (Å²) >= 11 is 0. The third-order valence-corrected chi connectivity index (χ3v) is 3.99. The molecule has 7 heteroatoms. The first-order valence-corrected chi connectivity index (χ1v) is 7.68. The molecule has 0 atom stereocenters. The second-order valence-corrected chi connectivity index (χ2v) is 7.46. The number of fused-ring (bicyclic) bond motifs is 1. The summed E-state index contributed by atoms with van der Waals surface area (Å²) in [7, 11) is 0. The Labute approximate surface area is 135 Å². The molecule has 2 N–H and O–H groups in total. The molecule has 1 fully saturated rings. The second kappa shape index (κ2) is 4.84. The summed E-state index contributed by atoms with van der Waals surface area (Å²) in [4.78, 5) is 22.4. The first-order valence-electron chi connectivity index (χ1n) is 7.68. The van der Waals surface area contributed by atoms with Crippen LogP contribution in [0.15, 0.2) is 12.4 Å². The fraction of sp³-hybridized carbons (Fsp3) is 0.562. The monoisotopic (exact) mass is 317 g/mol. The van der Waals surface area contributed by atoms with Crippen LogP contribution in [0.4, 0.5) is 10.6 Å². The van der Waals surface area contributed by atoms with Gasteiger partial charge >= 0.3 is 6.09 Å². The highest BCUT2D eigenvalue weighted by Gasteiger charge is 2.45. The zero-order valence-electron chi connectivity index (χ0n) is 14.3. The van der Waals surface area contributed by atoms with Gasteiger partial charge in [0.15, 0.2) is 5.82 Å². The minimum absolute atomic E-state index is 0.216. The van der Waals surface area contributed by atoms with Crippen LogP contribution in [0.5, 0.6) is 0 Å². The summed E-state index contributed by atoms with van der Waals surface area (Å²) in [6.45, 7) is 10.8. The Kier molecular flexibility index (Phi) is 3.28. The lowest BCUT2D eigenvalue weighted by Crippen LogP contribution is -2.63. The predicted octanol–water partition coefficient (Wildman–Crippen LogP) is 2.29. The van der Waals surface area contributed by atoms with E-state index in [9.17, 15) is 4.79 Å². The Morgan fingerprint density at radius 1 is 1.39 bits per heavy atom. The molecule has 2 aromatic heterocycles. The molecule has 3 heterocycles. The van der Waals surface area contributed by atoms with Crippen molar-refractivity contribution < 1.29 is 9.53 Å². The lowest BCUT2D eigenvalue weighted by Gasteiger charge is -2.48. The smallest absolute Gasteiger partial charge is 0.410 e. The number of likely N-dealkylation sites (tertiary alicyclic amines) is 1. The molecule has 0 saturated carbocycles. The molecular weight excluding hydrogens is 294 g/mol. The van der Waals surface area contributed by atoms with Crippen molar-refractivity contribution in [1.29, 1.82) is 0 Å². The molecule has 0 bridgehead atoms. The van der Waals surface area contributed by atoms with Crippen LogP contribution in [0, 0.1) is 6.92 Å². The Balaban J connectivity index is 1.83. The molecule has 0 aromatic carbocycles. The Morgan fingerprint density at radius 2 is 2.04 bits per heavy atom. The van der Waals surface area contributed by atoms with E-state index in [4.69, 9.17) is 10.5 Å². The quantitative estimate of drug-likeness (QED) is 0.872. The number of hydrogen-bond donors (Lipinski definition) is 1. The minimum Gasteiger partial charge on any atom is -0.444 e. The molecule has 23 heavy (non-hydrogen) atoms. The molecule has 0 radical (unpaired) electrons. The lowest BCUT2D eigenvalue weighted by atomic mass is 9.92. The van der Waals surface area contributed by atoms with E-state index in [-0.39, 0.29) is 11.6 Å². The van der Waals surface area contributed by atoms with Gasteiger partial charge in [-0.2, -0.15) is 0 Å². The number of ether oxygens (including phenoxy) is 1. The first-order chi connectivity index (χ1) is 10.6. The molecule has 1 amide bonds. The van der Waals surface area contributed by atoms with E-state index in [2.05, 4.69) is 21.5 Å². The van der Waals surface area contributed by atoms with Gasteiger partial charge in [0.05, 0.1) is 17.4 Å². The number of pyridine rings is 1. The Morgan fingerprint density at radius 3 is 2.65 bits per heavy atom. The van der Waals surface area contributed by atoms with Crippen molar-refractivity contribution in [3.05, 3.63) is 18.1 Å². The van der Waals surface area contributed by atoms with E-state index in [1.807, 2.05) is 33.8 Å². The normalized spacial score (nSPS) is 17.2. The standard InChI is InChI=1S/C16H23N5O2/c1-10-6-11-12(13(17)19-10)18-9-21(11)16(5)7-20(8-16)14(22)23-15(2,3)4/h6,9H,7-8H2,1-5H3,(H2,17,19). The third-order valence-electron chi connectivity index (χ3n) is 3.99. The van der Waals surface area contributed by atoms with Crippen LogP contribution in [0.1, 0.15) is 33.4 Å². The van der Waals surface area contributed by atoms with E-state index < -0.39 is 5.60 Å². The molecule has 0 spiro atoms. The van der Waals surface area contributed by atoms with E-state index in [1.54, 1.807) is 11.2 Å². The Hall–Kier alpha value is -2.31. The van der Waals surface area contributed by atoms with Crippen LogP contribution in [-0.2, 0) is 10.3 Å². The van der Waals surface area contributed by atoms with Crippen LogP contribution in [0.25, 0.3) is 11.0 Å². The van der Waals surface area contributed by atoms with E-state index in [1.165, 1.54) is 0 Å². The van der Waals surface area contributed by atoms with Crippen LogP contribution in [0.3, 0.4) is 0 Å². The van der Waals surface area contributed by atoms with Crippen molar-refractivity contribution in [1.82, 2.24) is 19.4 Å². The number of nitrogens with zero attached hydrogens (tertiary/aromatic N) is 4. The van der Waals surface area contributed by atoms with Gasteiger partial charge < -0.3 is 19.9 Å². The number of anilines is 1. The highest BCUT2D eigenvalue weighted by Crippen LogP contribution is 2.33. The van der Waals surface area contributed by atoms with E-state index in [0.717, 1.165) is 11.2 Å². The maximum absolute atomic E-state index is 12.1. The number of nitrogens with two attached hydrogens (primary N) is 1. The summed E-state index contributed by atoms with van der Waals surface area (Å²) in [6.07, 6.45) is 1.49. The van der Waals surface area contributed by atoms with Gasteiger partial charge in [-0.1, -0.05) is 0 Å². The number of hydrogen-bond acceptors (Lipinski definition) is 5. The highest BCUT2D eigenvalue weighted by atomic mass is 16.6. The van der Waals surface area contributed by atoms with Crippen molar-refractivity contribution in [2.45, 2.75) is 45.8 Å². The molecule has 124 valence electrons. The van der Waals surface area contributed by atoms with E-state index >= 15 is 0 Å². The number of imidazole rings is 1. The summed E-state index contributed by atoms with van der Waals surface area (Å²) in [5, 5.41) is 0. The average Bonchev–Trinajstić information content (AvgIpc) is 2.77. The van der Waals surface area contributed by atoms with Gasteiger partial charge in [-0.25, -0.2) is 14.8 Å². The zero-order valence-corrected chi connectivity index (χ0v) is 14.3. The SMILES string of the molecule is Cc1cc2c(ncn2C2(C)CN(C(=O)OC(C)(C)C)C2)c(N)n1. The zero-order chi connectivity index (χ0) is 17.0. The summed E-state index contributed by atoms with van der Waals surface area (Å²) in [6, 6.07) is 1.97. The van der Waals surface area contributed by atoms with Gasteiger partial charge in [0, 0.05) is 18.8 Å². The highest BCUT2D eigenvalue weighted by molar-refractivity contribution is 5.85. The van der Waals surface area contributed by atoms with Crippen LogP contribution in [-0.4, -0.2) is 44.2 Å². The van der Waals surface area contributed by atoms with E-state index in [0.29, 0.717) is 24.4 Å². The Bertz CT molecular complexity index is 769. The number of aryl methyl sites for hydroxylation is 1. The van der Waals surface area contributed by atoms with Crippen molar-refractivity contribution >= 4 is 22.9 Å². The maximum Gasteiger partial charge on any atom is 0.410 e. The van der Waals surface area contributed by atoms with Gasteiger partial charge in [-0.3, -0.25) is 0 Å². The molecule has 1 saturated heterocycles. The van der Waals surface area contributed by atoms with Gasteiger partial charge in [0.2, 0.25) is 0 Å². The van der Waals surface area contributed by atoms with Crippen molar-refractivity contribution in [2.75, 3.05) is 18.8 Å². The van der Waals surface area contributed by atoms with Crippen LogP contribution in [0.2, 0.25) is 0 Å². The van der Waals surface area contributed by atoms with Gasteiger partial charge in [-0.05, 0) is 40.7 Å². The third kappa shape index (κ3) is 2.71. The molecule has 7 nitrogen and oxygen atoms in total. The minimum atomic E-state index is -0.484. The van der Waals surface area contributed by atoms with Gasteiger partial charge in [0.1, 0.15) is 11.1 Å². The summed E-state index contributed by atoms with van der Waals surface area (Å²) < 4.78 is 7.49. The molecule has 1 aliphatic heterocycles. The fourth-order valence-corrected chi connectivity index (χ4v) is 2.98. The molecule has 0 unspecified atom stereocenters. The molecular formula is C16H23N5O2. The first kappa shape index (κ1) is 15.6. The maximum atomic E-state index is 12.1. The summed E-state index contributed by atoms with van der Waals surface area (Å²) in [5.41, 5.74) is 7.74.